The molecule has 1 unspecified atom stereocenters. The molecule has 37 heavy (non-hydrogen) atoms. The summed E-state index contributed by atoms with van der Waals surface area (Å²) in [6.45, 7) is 0.444. The standard InChI is InChI=1S/C25H25F4N3O4.ClH/c1-12(30)22-21(23(33)31-13(2)17-7-6-16(26)10-18(17)27)32-24(36-22)15-5-8-19(35-25(28)29)20(9-15)34-11-14-3-4-14;/h5-10,12-14,25H,3-4,11,30H2,1-2H3,(H,31,33);1H/t12-,13?;/m0./s1. The average molecular weight is 544 g/mol. The third-order valence-corrected chi connectivity index (χ3v) is 5.64. The first-order valence-corrected chi connectivity index (χ1v) is 11.4. The number of hydrogen-bond donors (Lipinski definition) is 2. The van der Waals surface area contributed by atoms with E-state index in [0.717, 1.165) is 25.0 Å². The molecule has 1 heterocycles. The summed E-state index contributed by atoms with van der Waals surface area (Å²) in [7, 11) is 0. The molecule has 3 N–H and O–H groups in total. The Kier molecular flexibility index (Phi) is 9.03. The maximum atomic E-state index is 14.1. The largest absolute Gasteiger partial charge is 0.489 e. The zero-order valence-electron chi connectivity index (χ0n) is 20.0. The summed E-state index contributed by atoms with van der Waals surface area (Å²) in [5.41, 5.74) is 6.29. The second kappa shape index (κ2) is 11.8. The zero-order valence-corrected chi connectivity index (χ0v) is 20.8. The number of rotatable bonds is 10. The fourth-order valence-corrected chi connectivity index (χ4v) is 3.56. The minimum Gasteiger partial charge on any atom is -0.489 e. The van der Waals surface area contributed by atoms with Crippen molar-refractivity contribution >= 4 is 18.3 Å². The third-order valence-electron chi connectivity index (χ3n) is 5.64. The van der Waals surface area contributed by atoms with Crippen molar-refractivity contribution in [1.29, 1.82) is 0 Å². The van der Waals surface area contributed by atoms with Crippen molar-refractivity contribution in [3.8, 4) is 23.0 Å². The number of amides is 1. The van der Waals surface area contributed by atoms with Crippen LogP contribution >= 0.6 is 12.4 Å². The van der Waals surface area contributed by atoms with Crippen LogP contribution in [-0.2, 0) is 0 Å². The van der Waals surface area contributed by atoms with Crippen molar-refractivity contribution in [3.05, 3.63) is 65.1 Å². The van der Waals surface area contributed by atoms with E-state index in [4.69, 9.17) is 14.9 Å². The minimum absolute atomic E-state index is 0. The summed E-state index contributed by atoms with van der Waals surface area (Å²) in [5, 5.41) is 2.61. The van der Waals surface area contributed by atoms with E-state index in [1.165, 1.54) is 31.2 Å². The van der Waals surface area contributed by atoms with Gasteiger partial charge in [0.1, 0.15) is 11.6 Å². The van der Waals surface area contributed by atoms with Crippen molar-refractivity contribution in [3.63, 3.8) is 0 Å². The van der Waals surface area contributed by atoms with Crippen molar-refractivity contribution in [2.75, 3.05) is 6.61 Å². The molecule has 1 saturated carbocycles. The van der Waals surface area contributed by atoms with Crippen LogP contribution in [0.5, 0.6) is 11.5 Å². The van der Waals surface area contributed by atoms with Crippen molar-refractivity contribution in [2.45, 2.75) is 45.4 Å². The van der Waals surface area contributed by atoms with Crippen LogP contribution in [0.15, 0.2) is 40.8 Å². The van der Waals surface area contributed by atoms with E-state index in [1.807, 2.05) is 0 Å². The van der Waals surface area contributed by atoms with Gasteiger partial charge in [0.2, 0.25) is 5.89 Å². The predicted octanol–water partition coefficient (Wildman–Crippen LogP) is 5.94. The first-order chi connectivity index (χ1) is 17.1. The van der Waals surface area contributed by atoms with E-state index < -0.39 is 36.2 Å². The van der Waals surface area contributed by atoms with Gasteiger partial charge in [0.15, 0.2) is 23.0 Å². The molecular formula is C25H26ClF4N3O4. The van der Waals surface area contributed by atoms with Gasteiger partial charge in [-0.3, -0.25) is 4.79 Å². The molecule has 1 aliphatic carbocycles. The van der Waals surface area contributed by atoms with E-state index in [9.17, 15) is 22.4 Å². The smallest absolute Gasteiger partial charge is 0.387 e. The number of aromatic nitrogens is 1. The molecule has 4 rings (SSSR count). The molecule has 3 aromatic rings. The molecule has 2 atom stereocenters. The summed E-state index contributed by atoms with van der Waals surface area (Å²) in [5.74, 6) is -1.83. The molecule has 12 heteroatoms. The van der Waals surface area contributed by atoms with Gasteiger partial charge in [-0.05, 0) is 56.9 Å². The molecule has 200 valence electrons. The molecule has 0 saturated heterocycles. The molecule has 0 radical (unpaired) electrons. The number of nitrogens with zero attached hydrogens (tertiary/aromatic N) is 1. The fraction of sp³-hybridized carbons (Fsp3) is 0.360. The van der Waals surface area contributed by atoms with Gasteiger partial charge in [-0.2, -0.15) is 8.78 Å². The second-order valence-electron chi connectivity index (χ2n) is 8.68. The minimum atomic E-state index is -3.03. The summed E-state index contributed by atoms with van der Waals surface area (Å²) in [4.78, 5) is 17.3. The summed E-state index contributed by atoms with van der Waals surface area (Å²) in [6, 6.07) is 5.70. The highest BCUT2D eigenvalue weighted by molar-refractivity contribution is 5.94. The topological polar surface area (TPSA) is 99.6 Å². The maximum absolute atomic E-state index is 14.1. The predicted molar refractivity (Wildman–Crippen MR) is 129 cm³/mol. The number of nitrogens with one attached hydrogen (secondary N) is 1. The number of hydrogen-bond acceptors (Lipinski definition) is 6. The third kappa shape index (κ3) is 6.92. The van der Waals surface area contributed by atoms with Gasteiger partial charge in [-0.1, -0.05) is 6.07 Å². The lowest BCUT2D eigenvalue weighted by atomic mass is 10.1. The summed E-state index contributed by atoms with van der Waals surface area (Å²) >= 11 is 0. The Bertz CT molecular complexity index is 1250. The lowest BCUT2D eigenvalue weighted by Crippen LogP contribution is -2.29. The Balaban J connectivity index is 0.00000380. The van der Waals surface area contributed by atoms with Gasteiger partial charge in [0, 0.05) is 17.2 Å². The van der Waals surface area contributed by atoms with Crippen LogP contribution in [0.1, 0.15) is 60.6 Å². The Morgan fingerprint density at radius 1 is 1.16 bits per heavy atom. The van der Waals surface area contributed by atoms with Gasteiger partial charge in [-0.25, -0.2) is 13.8 Å². The Morgan fingerprint density at radius 3 is 2.51 bits per heavy atom. The SMILES string of the molecule is CC(NC(=O)c1nc(-c2ccc(OC(F)F)c(OCC3CC3)c2)oc1[C@H](C)N)c1ccc(F)cc1F.Cl. The zero-order chi connectivity index (χ0) is 26.0. The monoisotopic (exact) mass is 543 g/mol. The van der Waals surface area contributed by atoms with Crippen LogP contribution in [-0.4, -0.2) is 24.1 Å². The average Bonchev–Trinajstić information content (AvgIpc) is 3.52. The molecule has 2 aromatic carbocycles. The molecule has 0 spiro atoms. The van der Waals surface area contributed by atoms with Crippen LogP contribution in [0.2, 0.25) is 0 Å². The van der Waals surface area contributed by atoms with Crippen molar-refractivity contribution in [2.24, 2.45) is 11.7 Å². The van der Waals surface area contributed by atoms with E-state index in [1.54, 1.807) is 6.92 Å². The highest BCUT2D eigenvalue weighted by atomic mass is 35.5. The molecule has 1 aliphatic rings. The lowest BCUT2D eigenvalue weighted by molar-refractivity contribution is -0.0515. The van der Waals surface area contributed by atoms with Crippen molar-refractivity contribution < 1.29 is 36.2 Å². The summed E-state index contributed by atoms with van der Waals surface area (Å²) in [6.07, 6.45) is 2.00. The van der Waals surface area contributed by atoms with Gasteiger partial charge < -0.3 is 24.9 Å². The Hall–Kier alpha value is -3.31. The molecule has 1 aromatic heterocycles. The lowest BCUT2D eigenvalue weighted by Gasteiger charge is -2.15. The van der Waals surface area contributed by atoms with Gasteiger partial charge in [-0.15, -0.1) is 12.4 Å². The van der Waals surface area contributed by atoms with Gasteiger partial charge >= 0.3 is 6.61 Å². The number of benzene rings is 2. The van der Waals surface area contributed by atoms with Gasteiger partial charge in [0.25, 0.3) is 5.91 Å². The highest BCUT2D eigenvalue weighted by Gasteiger charge is 2.27. The quantitative estimate of drug-likeness (QED) is 0.307. The van der Waals surface area contributed by atoms with Gasteiger partial charge in [0.05, 0.1) is 18.7 Å². The first-order valence-electron chi connectivity index (χ1n) is 11.4. The maximum Gasteiger partial charge on any atom is 0.387 e. The summed E-state index contributed by atoms with van der Waals surface area (Å²) < 4.78 is 69.0. The Labute approximate surface area is 216 Å². The molecular weight excluding hydrogens is 518 g/mol. The first kappa shape index (κ1) is 28.3. The van der Waals surface area contributed by atoms with Crippen LogP contribution in [0.25, 0.3) is 11.5 Å². The number of alkyl halides is 2. The van der Waals surface area contributed by atoms with E-state index in [2.05, 4.69) is 15.0 Å². The number of carbonyl (C=O) groups is 1. The van der Waals surface area contributed by atoms with E-state index in [0.29, 0.717) is 18.1 Å². The number of oxazole rings is 1. The second-order valence-corrected chi connectivity index (χ2v) is 8.68. The molecule has 7 nitrogen and oxygen atoms in total. The molecule has 1 fully saturated rings. The van der Waals surface area contributed by atoms with Crippen molar-refractivity contribution in [1.82, 2.24) is 10.3 Å². The number of halogens is 5. The molecule has 0 bridgehead atoms. The van der Waals surface area contributed by atoms with Crippen LogP contribution in [0.4, 0.5) is 17.6 Å². The normalized spacial score (nSPS) is 14.6. The fourth-order valence-electron chi connectivity index (χ4n) is 3.56. The number of nitrogens with two attached hydrogens (primary N) is 1. The van der Waals surface area contributed by atoms with E-state index >= 15 is 0 Å². The highest BCUT2D eigenvalue weighted by Crippen LogP contribution is 2.37. The molecule has 0 aliphatic heterocycles. The molecule has 1 amide bonds. The van der Waals surface area contributed by atoms with E-state index in [-0.39, 0.29) is 46.8 Å². The Morgan fingerprint density at radius 2 is 1.89 bits per heavy atom. The number of ether oxygens (including phenoxy) is 2. The van der Waals surface area contributed by atoms with Crippen LogP contribution < -0.4 is 20.5 Å². The number of carbonyl (C=O) groups excluding carboxylic acids is 1. The van der Waals surface area contributed by atoms with Crippen LogP contribution in [0, 0.1) is 17.6 Å². The van der Waals surface area contributed by atoms with Crippen LogP contribution in [0.3, 0.4) is 0 Å².